The van der Waals surface area contributed by atoms with E-state index >= 15 is 0 Å². The maximum Gasteiger partial charge on any atom is 0.153 e. The van der Waals surface area contributed by atoms with Gasteiger partial charge in [-0.3, -0.25) is 4.79 Å². The number of hydrogen-bond donors (Lipinski definition) is 3. The van der Waals surface area contributed by atoms with Gasteiger partial charge < -0.3 is 24.7 Å². The minimum Gasteiger partial charge on any atom is -0.507 e. The van der Waals surface area contributed by atoms with Crippen molar-refractivity contribution in [3.05, 3.63) is 94.7 Å². The highest BCUT2D eigenvalue weighted by molar-refractivity contribution is 6.30. The topological polar surface area (TPSA) is 91.9 Å². The van der Waals surface area contributed by atoms with Crippen molar-refractivity contribution in [2.24, 2.45) is 0 Å². The van der Waals surface area contributed by atoms with Crippen LogP contribution < -0.4 is 10.1 Å². The highest BCUT2D eigenvalue weighted by Gasteiger charge is 2.21. The normalized spacial score (nSPS) is 12.1. The summed E-state index contributed by atoms with van der Waals surface area (Å²) in [5.41, 5.74) is 3.60. The van der Waals surface area contributed by atoms with Crippen LogP contribution in [0.1, 0.15) is 34.3 Å². The molecule has 4 aromatic rings. The summed E-state index contributed by atoms with van der Waals surface area (Å²) in [4.78, 5) is 11.4. The van der Waals surface area contributed by atoms with E-state index in [2.05, 4.69) is 23.7 Å². The quantitative estimate of drug-likeness (QED) is 0.209. The van der Waals surface area contributed by atoms with Gasteiger partial charge in [-0.1, -0.05) is 36.1 Å². The monoisotopic (exact) mass is 515 g/mol. The molecule has 7 heteroatoms. The predicted molar refractivity (Wildman–Crippen MR) is 145 cm³/mol. The summed E-state index contributed by atoms with van der Waals surface area (Å²) in [7, 11) is 1.00. The molecule has 1 heterocycles. The zero-order valence-corrected chi connectivity index (χ0v) is 21.0. The number of phenols is 1. The number of ether oxygens (including phenoxy) is 1. The van der Waals surface area contributed by atoms with E-state index in [1.807, 2.05) is 36.4 Å². The van der Waals surface area contributed by atoms with Gasteiger partial charge >= 0.3 is 0 Å². The SMILES string of the molecule is C=C(COc1ccc(-c2oc3cc(O)c(C=O)cc3c2C#Cc2cccc(Cl)c2)cc1)NC1CC1.CO. The molecule has 1 aromatic heterocycles. The van der Waals surface area contributed by atoms with E-state index < -0.39 is 0 Å². The highest BCUT2D eigenvalue weighted by atomic mass is 35.5. The average Bonchev–Trinajstić information content (AvgIpc) is 3.66. The molecule has 3 aromatic carbocycles. The van der Waals surface area contributed by atoms with E-state index in [1.54, 1.807) is 18.2 Å². The Balaban J connectivity index is 0.00000156. The molecule has 0 bridgehead atoms. The van der Waals surface area contributed by atoms with Crippen molar-refractivity contribution >= 4 is 28.9 Å². The number of carbonyl (C=O) groups excluding carboxylic acids is 1. The van der Waals surface area contributed by atoms with Gasteiger partial charge in [0.1, 0.15) is 23.7 Å². The molecule has 37 heavy (non-hydrogen) atoms. The third-order valence-corrected chi connectivity index (χ3v) is 5.87. The summed E-state index contributed by atoms with van der Waals surface area (Å²) in [6.07, 6.45) is 2.97. The van der Waals surface area contributed by atoms with Crippen LogP contribution in [0.3, 0.4) is 0 Å². The van der Waals surface area contributed by atoms with Crippen molar-refractivity contribution in [2.45, 2.75) is 18.9 Å². The second kappa shape index (κ2) is 11.7. The van der Waals surface area contributed by atoms with E-state index in [-0.39, 0.29) is 11.3 Å². The Hall–Kier alpha value is -4.18. The summed E-state index contributed by atoms with van der Waals surface area (Å²) in [5, 5.41) is 21.7. The average molecular weight is 516 g/mol. The lowest BCUT2D eigenvalue weighted by Gasteiger charge is -2.10. The third-order valence-electron chi connectivity index (χ3n) is 5.64. The van der Waals surface area contributed by atoms with E-state index in [1.165, 1.54) is 18.9 Å². The first-order valence-electron chi connectivity index (χ1n) is 11.6. The Labute approximate surface area is 220 Å². The van der Waals surface area contributed by atoms with Crippen LogP contribution in [0.2, 0.25) is 5.02 Å². The van der Waals surface area contributed by atoms with Gasteiger partial charge in [0.05, 0.1) is 11.1 Å². The largest absolute Gasteiger partial charge is 0.507 e. The first-order chi connectivity index (χ1) is 18.0. The van der Waals surface area contributed by atoms with Crippen LogP contribution in [-0.4, -0.2) is 36.3 Å². The fourth-order valence-electron chi connectivity index (χ4n) is 3.70. The van der Waals surface area contributed by atoms with Gasteiger partial charge in [-0.05, 0) is 61.4 Å². The number of aldehydes is 1. The number of phenolic OH excluding ortho intramolecular Hbond substituents is 1. The van der Waals surface area contributed by atoms with Crippen molar-refractivity contribution in [2.75, 3.05) is 13.7 Å². The van der Waals surface area contributed by atoms with Gasteiger partial charge in [0.15, 0.2) is 12.0 Å². The Bertz CT molecular complexity index is 1490. The standard InChI is InChI=1S/C29H22ClNO4.CH4O/c1-18(31-23-8-9-23)17-34-24-10-6-20(7-11-24)29-25(12-5-19-3-2-4-22(30)13-19)26-14-21(16-32)27(33)15-28(26)35-29;1-2/h2-4,6-7,10-11,13-16,23,31,33H,1,8-9,17H2;2H,1H3. The maximum absolute atomic E-state index is 11.4. The third kappa shape index (κ3) is 6.34. The second-order valence-electron chi connectivity index (χ2n) is 8.43. The number of aliphatic hydroxyl groups excluding tert-OH is 1. The molecule has 0 spiro atoms. The minimum atomic E-state index is -0.147. The smallest absolute Gasteiger partial charge is 0.153 e. The number of rotatable bonds is 7. The summed E-state index contributed by atoms with van der Waals surface area (Å²) >= 11 is 6.10. The van der Waals surface area contributed by atoms with Crippen LogP contribution in [0.4, 0.5) is 0 Å². The molecule has 0 atom stereocenters. The second-order valence-corrected chi connectivity index (χ2v) is 8.86. The lowest BCUT2D eigenvalue weighted by molar-refractivity contribution is 0.112. The first kappa shape index (κ1) is 25.9. The fraction of sp³-hybridized carbons (Fsp3) is 0.167. The molecule has 0 unspecified atom stereocenters. The molecule has 0 saturated heterocycles. The summed E-state index contributed by atoms with van der Waals surface area (Å²) < 4.78 is 11.9. The molecule has 0 amide bonds. The number of aromatic hydroxyl groups is 1. The number of carbonyl (C=O) groups is 1. The van der Waals surface area contributed by atoms with Crippen molar-refractivity contribution in [3.8, 4) is 34.7 Å². The van der Waals surface area contributed by atoms with Gasteiger partial charge in [0.25, 0.3) is 0 Å². The Morgan fingerprint density at radius 3 is 2.59 bits per heavy atom. The Kier molecular flexibility index (Phi) is 8.19. The number of nitrogens with one attached hydrogen (secondary N) is 1. The van der Waals surface area contributed by atoms with Gasteiger partial charge in [0, 0.05) is 46.5 Å². The number of furan rings is 1. The molecule has 3 N–H and O–H groups in total. The van der Waals surface area contributed by atoms with Crippen molar-refractivity contribution < 1.29 is 24.2 Å². The van der Waals surface area contributed by atoms with Gasteiger partial charge in [-0.25, -0.2) is 0 Å². The van der Waals surface area contributed by atoms with Crippen LogP contribution in [0, 0.1) is 11.8 Å². The zero-order valence-electron chi connectivity index (χ0n) is 20.3. The van der Waals surface area contributed by atoms with Crippen LogP contribution in [0.25, 0.3) is 22.3 Å². The van der Waals surface area contributed by atoms with Crippen LogP contribution >= 0.6 is 11.6 Å². The summed E-state index contributed by atoms with van der Waals surface area (Å²) in [6.45, 7) is 4.40. The number of halogens is 1. The van der Waals surface area contributed by atoms with Gasteiger partial charge in [0.2, 0.25) is 0 Å². The van der Waals surface area contributed by atoms with E-state index in [0.29, 0.717) is 52.0 Å². The van der Waals surface area contributed by atoms with Gasteiger partial charge in [-0.15, -0.1) is 0 Å². The summed E-state index contributed by atoms with van der Waals surface area (Å²) in [6, 6.07) is 18.3. The van der Waals surface area contributed by atoms with Crippen LogP contribution in [0.15, 0.2) is 77.4 Å². The lowest BCUT2D eigenvalue weighted by Crippen LogP contribution is -2.19. The van der Waals surface area contributed by atoms with Crippen molar-refractivity contribution in [1.29, 1.82) is 0 Å². The molecule has 188 valence electrons. The predicted octanol–water partition coefficient (Wildman–Crippen LogP) is 5.92. The first-order valence-corrected chi connectivity index (χ1v) is 12.0. The zero-order chi connectivity index (χ0) is 26.4. The number of hydrogen-bond acceptors (Lipinski definition) is 6. The Morgan fingerprint density at radius 1 is 1.16 bits per heavy atom. The number of benzene rings is 3. The molecule has 1 saturated carbocycles. The van der Waals surface area contributed by atoms with Crippen molar-refractivity contribution in [3.63, 3.8) is 0 Å². The van der Waals surface area contributed by atoms with Gasteiger partial charge in [-0.2, -0.15) is 0 Å². The molecule has 5 rings (SSSR count). The molecule has 1 aliphatic rings. The molecular formula is C30H26ClNO5. The number of aliphatic hydroxyl groups is 1. The molecular weight excluding hydrogens is 490 g/mol. The van der Waals surface area contributed by atoms with E-state index in [9.17, 15) is 9.90 Å². The summed E-state index contributed by atoms with van der Waals surface area (Å²) in [5.74, 6) is 7.39. The highest BCUT2D eigenvalue weighted by Crippen LogP contribution is 2.36. The van der Waals surface area contributed by atoms with Crippen molar-refractivity contribution in [1.82, 2.24) is 5.32 Å². The Morgan fingerprint density at radius 2 is 1.92 bits per heavy atom. The molecule has 1 fully saturated rings. The molecule has 1 aliphatic carbocycles. The lowest BCUT2D eigenvalue weighted by atomic mass is 10.0. The molecule has 0 aliphatic heterocycles. The number of fused-ring (bicyclic) bond motifs is 1. The molecule has 6 nitrogen and oxygen atoms in total. The van der Waals surface area contributed by atoms with Crippen LogP contribution in [-0.2, 0) is 0 Å². The fourth-order valence-corrected chi connectivity index (χ4v) is 3.89. The maximum atomic E-state index is 11.4. The minimum absolute atomic E-state index is 0.147. The molecule has 0 radical (unpaired) electrons. The van der Waals surface area contributed by atoms with E-state index in [4.69, 9.17) is 25.9 Å². The van der Waals surface area contributed by atoms with Crippen LogP contribution in [0.5, 0.6) is 11.5 Å². The van der Waals surface area contributed by atoms with E-state index in [0.717, 1.165) is 23.9 Å².